The average Bonchev–Trinajstić information content (AvgIpc) is 2.35. The highest BCUT2D eigenvalue weighted by Crippen LogP contribution is 2.35. The van der Waals surface area contributed by atoms with Gasteiger partial charge >= 0.3 is 0 Å². The fraction of sp³-hybridized carbons (Fsp3) is 0.0769. The van der Waals surface area contributed by atoms with Crippen molar-refractivity contribution in [1.29, 1.82) is 0 Å². The predicted octanol–water partition coefficient (Wildman–Crippen LogP) is 5.60. The van der Waals surface area contributed by atoms with E-state index in [0.29, 0.717) is 21.2 Å². The summed E-state index contributed by atoms with van der Waals surface area (Å²) in [5.74, 6) is -1.86. The molecule has 0 N–H and O–H groups in total. The zero-order chi connectivity index (χ0) is 13.3. The maximum Gasteiger partial charge on any atom is 0.159 e. The van der Waals surface area contributed by atoms with Gasteiger partial charge in [0, 0.05) is 10.0 Å². The van der Waals surface area contributed by atoms with E-state index in [-0.39, 0.29) is 0 Å². The molecule has 1 atom stereocenters. The van der Waals surface area contributed by atoms with Gasteiger partial charge in [0.25, 0.3) is 0 Å². The van der Waals surface area contributed by atoms with Gasteiger partial charge < -0.3 is 0 Å². The smallest absolute Gasteiger partial charge is 0.159 e. The van der Waals surface area contributed by atoms with Crippen molar-refractivity contribution >= 4 is 34.8 Å². The van der Waals surface area contributed by atoms with Gasteiger partial charge in [-0.2, -0.15) is 0 Å². The average molecular weight is 308 g/mol. The highest BCUT2D eigenvalue weighted by Gasteiger charge is 2.16. The molecule has 0 amide bonds. The van der Waals surface area contributed by atoms with Gasteiger partial charge in [-0.25, -0.2) is 8.78 Å². The van der Waals surface area contributed by atoms with Gasteiger partial charge in [-0.3, -0.25) is 0 Å². The minimum Gasteiger partial charge on any atom is -0.204 e. The fourth-order valence-corrected chi connectivity index (χ4v) is 2.34. The zero-order valence-electron chi connectivity index (χ0n) is 8.93. The number of rotatable bonds is 2. The van der Waals surface area contributed by atoms with E-state index in [0.717, 1.165) is 12.1 Å². The highest BCUT2D eigenvalue weighted by molar-refractivity contribution is 6.35. The molecule has 5 heteroatoms. The van der Waals surface area contributed by atoms with Crippen LogP contribution in [0.5, 0.6) is 0 Å². The summed E-state index contributed by atoms with van der Waals surface area (Å²) in [6.07, 6.45) is 0. The van der Waals surface area contributed by atoms with Crippen LogP contribution in [0.25, 0.3) is 0 Å². The molecule has 2 aromatic rings. The summed E-state index contributed by atoms with van der Waals surface area (Å²) in [6.45, 7) is 0. The largest absolute Gasteiger partial charge is 0.204 e. The molecule has 0 aliphatic heterocycles. The molecule has 0 saturated carbocycles. The first-order valence-electron chi connectivity index (χ1n) is 5.03. The summed E-state index contributed by atoms with van der Waals surface area (Å²) >= 11 is 18.1. The van der Waals surface area contributed by atoms with Crippen LogP contribution in [0.2, 0.25) is 10.0 Å². The Labute approximate surface area is 118 Å². The molecule has 18 heavy (non-hydrogen) atoms. The molecule has 0 spiro atoms. The second-order valence-electron chi connectivity index (χ2n) is 3.70. The molecule has 0 radical (unpaired) electrons. The van der Waals surface area contributed by atoms with Gasteiger partial charge in [0.05, 0.1) is 5.38 Å². The highest BCUT2D eigenvalue weighted by atomic mass is 35.5. The lowest BCUT2D eigenvalue weighted by Gasteiger charge is -2.12. The van der Waals surface area contributed by atoms with Gasteiger partial charge in [-0.1, -0.05) is 29.3 Å². The summed E-state index contributed by atoms with van der Waals surface area (Å²) in [4.78, 5) is 0. The maximum absolute atomic E-state index is 13.1. The Hall–Kier alpha value is -0.830. The van der Waals surface area contributed by atoms with Crippen molar-refractivity contribution in [3.63, 3.8) is 0 Å². The molecule has 2 aromatic carbocycles. The molecule has 0 heterocycles. The zero-order valence-corrected chi connectivity index (χ0v) is 11.2. The number of hydrogen-bond acceptors (Lipinski definition) is 0. The third-order valence-corrected chi connectivity index (χ3v) is 3.53. The van der Waals surface area contributed by atoms with Crippen molar-refractivity contribution in [3.05, 3.63) is 69.2 Å². The normalized spacial score (nSPS) is 12.5. The Morgan fingerprint density at radius 3 is 2.28 bits per heavy atom. The van der Waals surface area contributed by atoms with Crippen LogP contribution in [0.3, 0.4) is 0 Å². The molecular formula is C13H7Cl3F2. The lowest BCUT2D eigenvalue weighted by molar-refractivity contribution is 0.507. The van der Waals surface area contributed by atoms with Crippen molar-refractivity contribution in [1.82, 2.24) is 0 Å². The van der Waals surface area contributed by atoms with Crippen LogP contribution in [0.1, 0.15) is 16.5 Å². The second kappa shape index (κ2) is 5.43. The molecule has 94 valence electrons. The summed E-state index contributed by atoms with van der Waals surface area (Å²) < 4.78 is 26.0. The van der Waals surface area contributed by atoms with E-state index in [9.17, 15) is 8.78 Å². The molecule has 0 aliphatic carbocycles. The minimum atomic E-state index is -0.948. The van der Waals surface area contributed by atoms with Gasteiger partial charge in [0.15, 0.2) is 11.6 Å². The maximum atomic E-state index is 13.1. The molecule has 0 aliphatic rings. The van der Waals surface area contributed by atoms with E-state index in [2.05, 4.69) is 0 Å². The molecule has 0 bridgehead atoms. The molecule has 0 nitrogen and oxygen atoms in total. The topological polar surface area (TPSA) is 0 Å². The Morgan fingerprint density at radius 1 is 0.889 bits per heavy atom. The second-order valence-corrected chi connectivity index (χ2v) is 4.98. The van der Waals surface area contributed by atoms with Crippen molar-refractivity contribution < 1.29 is 8.78 Å². The van der Waals surface area contributed by atoms with Crippen LogP contribution in [0.4, 0.5) is 8.78 Å². The Morgan fingerprint density at radius 2 is 1.61 bits per heavy atom. The number of halogens is 5. The third kappa shape index (κ3) is 2.77. The molecule has 0 saturated heterocycles. The molecule has 1 unspecified atom stereocenters. The van der Waals surface area contributed by atoms with Gasteiger partial charge in [-0.15, -0.1) is 11.6 Å². The first-order valence-corrected chi connectivity index (χ1v) is 6.22. The van der Waals surface area contributed by atoms with Crippen molar-refractivity contribution in [2.75, 3.05) is 0 Å². The molecule has 0 fully saturated rings. The number of alkyl halides is 1. The number of benzene rings is 2. The quantitative estimate of drug-likeness (QED) is 0.633. The lowest BCUT2D eigenvalue weighted by Crippen LogP contribution is -1.96. The Kier molecular flexibility index (Phi) is 4.10. The molecule has 2 rings (SSSR count). The first-order chi connectivity index (χ1) is 8.49. The van der Waals surface area contributed by atoms with Gasteiger partial charge in [0.2, 0.25) is 0 Å². The summed E-state index contributed by atoms with van der Waals surface area (Å²) in [5, 5.41) is 0.207. The van der Waals surface area contributed by atoms with Crippen molar-refractivity contribution in [2.24, 2.45) is 0 Å². The van der Waals surface area contributed by atoms with Gasteiger partial charge in [0.1, 0.15) is 0 Å². The van der Waals surface area contributed by atoms with E-state index in [1.165, 1.54) is 6.07 Å². The van der Waals surface area contributed by atoms with Crippen LogP contribution >= 0.6 is 34.8 Å². The summed E-state index contributed by atoms with van der Waals surface area (Å²) in [6, 6.07) is 8.32. The van der Waals surface area contributed by atoms with E-state index >= 15 is 0 Å². The lowest BCUT2D eigenvalue weighted by atomic mass is 10.0. The van der Waals surface area contributed by atoms with E-state index in [1.807, 2.05) is 0 Å². The standard InChI is InChI=1S/C13H7Cl3F2/c14-8-2-3-10(15)9(6-8)13(16)7-1-4-11(17)12(18)5-7/h1-6,13H. The number of hydrogen-bond donors (Lipinski definition) is 0. The van der Waals surface area contributed by atoms with E-state index < -0.39 is 17.0 Å². The van der Waals surface area contributed by atoms with Gasteiger partial charge in [-0.05, 0) is 41.5 Å². The third-order valence-electron chi connectivity index (χ3n) is 2.47. The Bertz CT molecular complexity index is 584. The predicted molar refractivity (Wildman–Crippen MR) is 70.5 cm³/mol. The van der Waals surface area contributed by atoms with Crippen LogP contribution in [0, 0.1) is 11.6 Å². The van der Waals surface area contributed by atoms with Crippen LogP contribution in [-0.2, 0) is 0 Å². The summed E-state index contributed by atoms with van der Waals surface area (Å²) in [7, 11) is 0. The van der Waals surface area contributed by atoms with Crippen molar-refractivity contribution in [2.45, 2.75) is 5.38 Å². The van der Waals surface area contributed by atoms with Crippen molar-refractivity contribution in [3.8, 4) is 0 Å². The fourth-order valence-electron chi connectivity index (χ4n) is 1.56. The molecule has 0 aromatic heterocycles. The van der Waals surface area contributed by atoms with Crippen LogP contribution in [0.15, 0.2) is 36.4 Å². The first kappa shape index (κ1) is 13.6. The SMILES string of the molecule is Fc1ccc(C(Cl)c2cc(Cl)ccc2Cl)cc1F. The van der Waals surface area contributed by atoms with Crippen LogP contribution < -0.4 is 0 Å². The molecular weight excluding hydrogens is 300 g/mol. The monoisotopic (exact) mass is 306 g/mol. The van der Waals surface area contributed by atoms with E-state index in [4.69, 9.17) is 34.8 Å². The minimum absolute atomic E-state index is 0.416. The van der Waals surface area contributed by atoms with E-state index in [1.54, 1.807) is 18.2 Å². The Balaban J connectivity index is 2.44. The van der Waals surface area contributed by atoms with Crippen LogP contribution in [-0.4, -0.2) is 0 Å². The summed E-state index contributed by atoms with van der Waals surface area (Å²) in [5.41, 5.74) is 0.969.